The smallest absolute Gasteiger partial charge is 0.103 e. The van der Waals surface area contributed by atoms with Gasteiger partial charge in [0, 0.05) is 0 Å². The fourth-order valence-electron chi connectivity index (χ4n) is 6.45. The second-order valence-corrected chi connectivity index (χ2v) is 9.59. The summed E-state index contributed by atoms with van der Waals surface area (Å²) >= 11 is 0. The van der Waals surface area contributed by atoms with Gasteiger partial charge >= 0.3 is 0 Å². The largest absolute Gasteiger partial charge is 0.412 e. The van der Waals surface area contributed by atoms with Gasteiger partial charge in [-0.25, -0.2) is 4.39 Å². The van der Waals surface area contributed by atoms with E-state index in [-0.39, 0.29) is 16.4 Å². The average molecular weight is 403 g/mol. The molecule has 0 radical (unpaired) electrons. The van der Waals surface area contributed by atoms with Gasteiger partial charge in [-0.2, -0.15) is 0 Å². The maximum atomic E-state index is 15.1. The van der Waals surface area contributed by atoms with E-state index in [1.54, 1.807) is 0 Å². The van der Waals surface area contributed by atoms with Crippen LogP contribution in [0.2, 0.25) is 0 Å². The molecule has 0 saturated heterocycles. The van der Waals surface area contributed by atoms with Gasteiger partial charge in [0.1, 0.15) is 6.17 Å². The molecule has 3 nitrogen and oxygen atoms in total. The van der Waals surface area contributed by atoms with Gasteiger partial charge in [-0.15, -0.1) is 6.58 Å². The Morgan fingerprint density at radius 2 is 1.29 bits per heavy atom. The van der Waals surface area contributed by atoms with Crippen LogP contribution >= 0.6 is 0 Å². The van der Waals surface area contributed by atoms with Gasteiger partial charge in [0.2, 0.25) is 0 Å². The zero-order valence-corrected chi connectivity index (χ0v) is 18.1. The lowest BCUT2D eigenvalue weighted by atomic mass is 9.64. The lowest BCUT2D eigenvalue weighted by molar-refractivity contribution is 0.0329. The molecule has 3 saturated carbocycles. The van der Waals surface area contributed by atoms with Gasteiger partial charge in [-0.1, -0.05) is 45.1 Å². The number of hydrogen-bond acceptors (Lipinski definition) is 0. The van der Waals surface area contributed by atoms with Gasteiger partial charge in [-0.05, 0) is 93.3 Å². The summed E-state index contributed by atoms with van der Waals surface area (Å²) in [6.07, 6.45) is 19.6. The molecule has 3 aliphatic carbocycles. The molecule has 4 heteroatoms. The molecule has 3 rings (SSSR count). The van der Waals surface area contributed by atoms with Crippen molar-refractivity contribution in [3.8, 4) is 0 Å². The van der Waals surface area contributed by atoms with Gasteiger partial charge in [0.15, 0.2) is 0 Å². The van der Waals surface area contributed by atoms with Gasteiger partial charge in [0.25, 0.3) is 0 Å². The van der Waals surface area contributed by atoms with Crippen molar-refractivity contribution in [1.29, 1.82) is 0 Å². The lowest BCUT2D eigenvalue weighted by Crippen LogP contribution is -2.36. The van der Waals surface area contributed by atoms with Crippen molar-refractivity contribution in [2.24, 2.45) is 35.5 Å². The Kier molecular flexibility index (Phi) is 13.5. The van der Waals surface area contributed by atoms with Crippen LogP contribution in [0, 0.1) is 35.5 Å². The summed E-state index contributed by atoms with van der Waals surface area (Å²) in [6, 6.07) is 0. The fourth-order valence-corrected chi connectivity index (χ4v) is 6.45. The van der Waals surface area contributed by atoms with Crippen LogP contribution in [0.1, 0.15) is 96.8 Å². The molecule has 3 atom stereocenters. The van der Waals surface area contributed by atoms with Crippen LogP contribution in [0.3, 0.4) is 0 Å². The van der Waals surface area contributed by atoms with Crippen LogP contribution < -0.4 is 0 Å². The molecule has 3 fully saturated rings. The molecule has 0 aromatic carbocycles. The predicted octanol–water partition coefficient (Wildman–Crippen LogP) is 5.26. The summed E-state index contributed by atoms with van der Waals surface area (Å²) in [5, 5.41) is 0. The molecule has 0 heterocycles. The highest BCUT2D eigenvalue weighted by Crippen LogP contribution is 2.47. The molecule has 0 aromatic rings. The zero-order chi connectivity index (χ0) is 17.6. The SMILES string of the molecule is C=CCCC1CCC(C2CCC(C3CCC(CC)CC3)CC2F)CC1.O.O.O. The third-order valence-corrected chi connectivity index (χ3v) is 8.27. The molecule has 0 bridgehead atoms. The summed E-state index contributed by atoms with van der Waals surface area (Å²) in [5.74, 6) is 4.47. The summed E-state index contributed by atoms with van der Waals surface area (Å²) in [5.41, 5.74) is 0. The number of hydrogen-bond donors (Lipinski definition) is 0. The van der Waals surface area contributed by atoms with Crippen molar-refractivity contribution in [1.82, 2.24) is 0 Å². The molecule has 6 N–H and O–H groups in total. The Morgan fingerprint density at radius 3 is 1.82 bits per heavy atom. The summed E-state index contributed by atoms with van der Waals surface area (Å²) < 4.78 is 15.1. The molecule has 0 amide bonds. The fraction of sp³-hybridized carbons (Fsp3) is 0.917. The third-order valence-electron chi connectivity index (χ3n) is 8.27. The average Bonchev–Trinajstić information content (AvgIpc) is 2.67. The van der Waals surface area contributed by atoms with Gasteiger partial charge < -0.3 is 16.4 Å². The minimum Gasteiger partial charge on any atom is -0.412 e. The highest BCUT2D eigenvalue weighted by Gasteiger charge is 2.39. The summed E-state index contributed by atoms with van der Waals surface area (Å²) in [4.78, 5) is 0. The zero-order valence-electron chi connectivity index (χ0n) is 18.1. The third kappa shape index (κ3) is 7.11. The summed E-state index contributed by atoms with van der Waals surface area (Å²) in [7, 11) is 0. The van der Waals surface area contributed by atoms with E-state index in [0.717, 1.165) is 30.6 Å². The Hall–Kier alpha value is -0.450. The van der Waals surface area contributed by atoms with Crippen LogP contribution in [0.15, 0.2) is 12.7 Å². The minimum atomic E-state index is -0.502. The standard InChI is InChI=1S/C24H41F.3H2O/c1-3-5-6-19-9-13-21(14-10-19)23-16-15-22(17-24(23)25)20-11-7-18(4-2)8-12-20;;;/h3,18-24H,1,4-17H2,2H3;3*1H2. The Bertz CT molecular complexity index is 401. The van der Waals surface area contributed by atoms with Gasteiger partial charge in [-0.3, -0.25) is 0 Å². The highest BCUT2D eigenvalue weighted by molar-refractivity contribution is 4.90. The van der Waals surface area contributed by atoms with Crippen LogP contribution in [-0.4, -0.2) is 22.6 Å². The molecular formula is C24H47FO3. The molecule has 0 aromatic heterocycles. The summed E-state index contributed by atoms with van der Waals surface area (Å²) in [6.45, 7) is 6.18. The predicted molar refractivity (Wildman–Crippen MR) is 117 cm³/mol. The number of allylic oxidation sites excluding steroid dienone is 1. The van der Waals surface area contributed by atoms with E-state index < -0.39 is 6.17 Å². The normalized spacial score (nSPS) is 38.3. The Labute approximate surface area is 172 Å². The van der Waals surface area contributed by atoms with Crippen LogP contribution in [0.4, 0.5) is 4.39 Å². The highest BCUT2D eigenvalue weighted by atomic mass is 19.1. The number of alkyl halides is 1. The second kappa shape index (κ2) is 13.7. The van der Waals surface area contributed by atoms with Gasteiger partial charge in [0.05, 0.1) is 0 Å². The number of rotatable bonds is 6. The van der Waals surface area contributed by atoms with Crippen molar-refractivity contribution >= 4 is 0 Å². The van der Waals surface area contributed by atoms with Crippen molar-refractivity contribution in [2.45, 2.75) is 103 Å². The van der Waals surface area contributed by atoms with Crippen molar-refractivity contribution in [3.63, 3.8) is 0 Å². The second-order valence-electron chi connectivity index (χ2n) is 9.59. The Morgan fingerprint density at radius 1 is 0.750 bits per heavy atom. The Balaban J connectivity index is 0.00000243. The quantitative estimate of drug-likeness (QED) is 0.542. The molecular weight excluding hydrogens is 355 g/mol. The first-order valence-corrected chi connectivity index (χ1v) is 11.5. The molecule has 0 aliphatic heterocycles. The number of halogens is 1. The molecule has 28 heavy (non-hydrogen) atoms. The first-order valence-electron chi connectivity index (χ1n) is 11.5. The topological polar surface area (TPSA) is 94.5 Å². The first-order chi connectivity index (χ1) is 12.2. The van der Waals surface area contributed by atoms with Crippen molar-refractivity contribution in [2.75, 3.05) is 0 Å². The molecule has 168 valence electrons. The van der Waals surface area contributed by atoms with E-state index in [9.17, 15) is 0 Å². The van der Waals surface area contributed by atoms with Crippen LogP contribution in [-0.2, 0) is 0 Å². The monoisotopic (exact) mass is 402 g/mol. The molecule has 3 unspecified atom stereocenters. The maximum absolute atomic E-state index is 15.1. The van der Waals surface area contributed by atoms with Crippen LogP contribution in [0.5, 0.6) is 0 Å². The maximum Gasteiger partial charge on any atom is 0.103 e. The minimum absolute atomic E-state index is 0. The van der Waals surface area contributed by atoms with E-state index >= 15 is 4.39 Å². The van der Waals surface area contributed by atoms with Crippen LogP contribution in [0.25, 0.3) is 0 Å². The first kappa shape index (κ1) is 27.5. The van der Waals surface area contributed by atoms with E-state index in [2.05, 4.69) is 19.6 Å². The van der Waals surface area contributed by atoms with E-state index in [1.807, 2.05) is 0 Å². The molecule has 0 spiro atoms. The molecule has 3 aliphatic rings. The van der Waals surface area contributed by atoms with Crippen molar-refractivity contribution in [3.05, 3.63) is 12.7 Å². The van der Waals surface area contributed by atoms with E-state index in [0.29, 0.717) is 17.8 Å². The van der Waals surface area contributed by atoms with E-state index in [1.165, 1.54) is 77.0 Å². The lowest BCUT2D eigenvalue weighted by Gasteiger charge is -2.43. The van der Waals surface area contributed by atoms with E-state index in [4.69, 9.17) is 0 Å². The van der Waals surface area contributed by atoms with Crippen molar-refractivity contribution < 1.29 is 20.8 Å².